The summed E-state index contributed by atoms with van der Waals surface area (Å²) in [6, 6.07) is 2.91. The molecule has 0 atom stereocenters. The molecule has 0 spiro atoms. The number of ether oxygens (including phenoxy) is 2. The number of benzene rings is 1. The normalized spacial score (nSPS) is 15.4. The molecule has 0 aliphatic heterocycles. The first-order chi connectivity index (χ1) is 11.0. The molecular weight excluding hydrogens is 316 g/mol. The lowest BCUT2D eigenvalue weighted by Gasteiger charge is -2.14. The Morgan fingerprint density at radius 2 is 1.87 bits per heavy atom. The molecule has 1 aromatic rings. The van der Waals surface area contributed by atoms with Gasteiger partial charge in [-0.15, -0.1) is 0 Å². The second kappa shape index (κ2) is 8.11. The summed E-state index contributed by atoms with van der Waals surface area (Å²) in [7, 11) is 3.04. The van der Waals surface area contributed by atoms with Crippen LogP contribution in [0.15, 0.2) is 23.9 Å². The fraction of sp³-hybridized carbons (Fsp3) is 0.471. The Bertz CT molecular complexity index is 596. The molecule has 2 rings (SSSR count). The molecule has 2 amide bonds. The van der Waals surface area contributed by atoms with Crippen LogP contribution >= 0.6 is 11.6 Å². The summed E-state index contributed by atoms with van der Waals surface area (Å²) in [5, 5.41) is 5.94. The topological polar surface area (TPSA) is 59.6 Å². The Morgan fingerprint density at radius 3 is 2.48 bits per heavy atom. The predicted octanol–water partition coefficient (Wildman–Crippen LogP) is 4.57. The van der Waals surface area contributed by atoms with E-state index in [1.165, 1.54) is 45.5 Å². The molecule has 0 aromatic heterocycles. The minimum absolute atomic E-state index is 0.329. The maximum Gasteiger partial charge on any atom is 0.323 e. The van der Waals surface area contributed by atoms with Crippen LogP contribution in [0.25, 0.3) is 0 Å². The van der Waals surface area contributed by atoms with Gasteiger partial charge in [0.05, 0.1) is 24.9 Å². The van der Waals surface area contributed by atoms with Gasteiger partial charge in [0, 0.05) is 18.3 Å². The van der Waals surface area contributed by atoms with E-state index in [1.807, 2.05) is 0 Å². The summed E-state index contributed by atoms with van der Waals surface area (Å²) >= 11 is 6.05. The summed E-state index contributed by atoms with van der Waals surface area (Å²) in [5.41, 5.74) is 1.71. The average Bonchev–Trinajstić information content (AvgIpc) is 3.08. The van der Waals surface area contributed by atoms with Crippen LogP contribution in [0, 0.1) is 5.92 Å². The lowest BCUT2D eigenvalue weighted by molar-refractivity contribution is 0.255. The Balaban J connectivity index is 2.03. The van der Waals surface area contributed by atoms with Gasteiger partial charge in [0.25, 0.3) is 0 Å². The molecule has 0 radical (unpaired) electrons. The Hall–Kier alpha value is -1.88. The minimum atomic E-state index is -0.329. The van der Waals surface area contributed by atoms with Crippen molar-refractivity contribution in [3.8, 4) is 11.5 Å². The van der Waals surface area contributed by atoms with Crippen LogP contribution in [0.4, 0.5) is 10.5 Å². The highest BCUT2D eigenvalue weighted by Gasteiger charge is 2.17. The number of amides is 2. The van der Waals surface area contributed by atoms with E-state index < -0.39 is 0 Å². The largest absolute Gasteiger partial charge is 0.495 e. The first-order valence-electron chi connectivity index (χ1n) is 7.71. The maximum atomic E-state index is 12.1. The van der Waals surface area contributed by atoms with E-state index in [1.54, 1.807) is 18.3 Å². The van der Waals surface area contributed by atoms with Gasteiger partial charge in [-0.2, -0.15) is 0 Å². The van der Waals surface area contributed by atoms with Gasteiger partial charge in [0.15, 0.2) is 0 Å². The van der Waals surface area contributed by atoms with E-state index in [0.29, 0.717) is 28.1 Å². The molecule has 1 saturated carbocycles. The zero-order valence-corrected chi connectivity index (χ0v) is 14.5. The summed E-state index contributed by atoms with van der Waals surface area (Å²) < 4.78 is 10.4. The molecule has 1 aromatic carbocycles. The Morgan fingerprint density at radius 1 is 1.22 bits per heavy atom. The molecule has 23 heavy (non-hydrogen) atoms. The molecule has 5 nitrogen and oxygen atoms in total. The van der Waals surface area contributed by atoms with E-state index in [4.69, 9.17) is 21.1 Å². The number of nitrogens with one attached hydrogen (secondary N) is 2. The SMILES string of the molecule is COc1cc(NC(=O)N/C=C(\C)C2CCCC2)c(OC)cc1Cl. The highest BCUT2D eigenvalue weighted by atomic mass is 35.5. The number of carbonyl (C=O) groups is 1. The number of rotatable bonds is 5. The Labute approximate surface area is 142 Å². The van der Waals surface area contributed by atoms with Crippen LogP contribution in [0.5, 0.6) is 11.5 Å². The van der Waals surface area contributed by atoms with Crippen molar-refractivity contribution >= 4 is 23.3 Å². The van der Waals surface area contributed by atoms with Crippen molar-refractivity contribution in [2.24, 2.45) is 5.92 Å². The molecule has 2 N–H and O–H groups in total. The van der Waals surface area contributed by atoms with E-state index in [-0.39, 0.29) is 6.03 Å². The van der Waals surface area contributed by atoms with Crippen molar-refractivity contribution in [1.82, 2.24) is 5.32 Å². The van der Waals surface area contributed by atoms with Crippen molar-refractivity contribution in [3.63, 3.8) is 0 Å². The van der Waals surface area contributed by atoms with Crippen LogP contribution in [-0.4, -0.2) is 20.3 Å². The van der Waals surface area contributed by atoms with Crippen LogP contribution in [0.2, 0.25) is 5.02 Å². The number of hydrogen-bond acceptors (Lipinski definition) is 3. The summed E-state index contributed by atoms with van der Waals surface area (Å²) in [6.45, 7) is 2.06. The van der Waals surface area contributed by atoms with Crippen LogP contribution in [0.3, 0.4) is 0 Å². The number of allylic oxidation sites excluding steroid dienone is 1. The summed E-state index contributed by atoms with van der Waals surface area (Å²) in [5.74, 6) is 1.53. The minimum Gasteiger partial charge on any atom is -0.495 e. The standard InChI is InChI=1S/C17H23ClN2O3/c1-11(12-6-4-5-7-12)10-19-17(21)20-14-9-15(22-2)13(18)8-16(14)23-3/h8-10,12H,4-7H2,1-3H3,(H2,19,20,21)/b11-10+. The number of halogens is 1. The van der Waals surface area contributed by atoms with Crippen molar-refractivity contribution in [3.05, 3.63) is 28.9 Å². The van der Waals surface area contributed by atoms with E-state index in [9.17, 15) is 4.79 Å². The molecule has 0 saturated heterocycles. The van der Waals surface area contributed by atoms with Crippen LogP contribution < -0.4 is 20.1 Å². The van der Waals surface area contributed by atoms with Gasteiger partial charge in [0.1, 0.15) is 11.5 Å². The molecule has 1 aliphatic rings. The van der Waals surface area contributed by atoms with Gasteiger partial charge in [0.2, 0.25) is 0 Å². The molecule has 6 heteroatoms. The zero-order valence-electron chi connectivity index (χ0n) is 13.7. The van der Waals surface area contributed by atoms with E-state index >= 15 is 0 Å². The van der Waals surface area contributed by atoms with Crippen molar-refractivity contribution in [2.75, 3.05) is 19.5 Å². The molecule has 126 valence electrons. The molecule has 0 bridgehead atoms. The fourth-order valence-corrected chi connectivity index (χ4v) is 3.03. The van der Waals surface area contributed by atoms with E-state index in [0.717, 1.165) is 0 Å². The second-order valence-corrected chi connectivity index (χ2v) is 6.06. The number of anilines is 1. The zero-order chi connectivity index (χ0) is 16.8. The fourth-order valence-electron chi connectivity index (χ4n) is 2.79. The second-order valence-electron chi connectivity index (χ2n) is 5.66. The number of methoxy groups -OCH3 is 2. The molecule has 1 aliphatic carbocycles. The highest BCUT2D eigenvalue weighted by Crippen LogP contribution is 2.35. The lowest BCUT2D eigenvalue weighted by atomic mass is 10.0. The number of hydrogen-bond donors (Lipinski definition) is 2. The predicted molar refractivity (Wildman–Crippen MR) is 92.4 cm³/mol. The van der Waals surface area contributed by atoms with Gasteiger partial charge in [-0.25, -0.2) is 4.79 Å². The first-order valence-corrected chi connectivity index (χ1v) is 8.08. The monoisotopic (exact) mass is 338 g/mol. The van der Waals surface area contributed by atoms with Gasteiger partial charge in [-0.05, 0) is 25.7 Å². The third-order valence-corrected chi connectivity index (χ3v) is 4.45. The van der Waals surface area contributed by atoms with Crippen molar-refractivity contribution in [2.45, 2.75) is 32.6 Å². The highest BCUT2D eigenvalue weighted by molar-refractivity contribution is 6.32. The molecule has 0 heterocycles. The van der Waals surface area contributed by atoms with Crippen molar-refractivity contribution in [1.29, 1.82) is 0 Å². The number of urea groups is 1. The van der Waals surface area contributed by atoms with Gasteiger partial charge >= 0.3 is 6.03 Å². The van der Waals surface area contributed by atoms with Gasteiger partial charge in [-0.3, -0.25) is 0 Å². The van der Waals surface area contributed by atoms with Crippen LogP contribution in [-0.2, 0) is 0 Å². The van der Waals surface area contributed by atoms with Crippen molar-refractivity contribution < 1.29 is 14.3 Å². The molecular formula is C17H23ClN2O3. The lowest BCUT2D eigenvalue weighted by Crippen LogP contribution is -2.25. The summed E-state index contributed by atoms with van der Waals surface area (Å²) in [4.78, 5) is 12.1. The first kappa shape index (κ1) is 17.5. The summed E-state index contributed by atoms with van der Waals surface area (Å²) in [6.07, 6.45) is 6.72. The smallest absolute Gasteiger partial charge is 0.323 e. The molecule has 1 fully saturated rings. The Kier molecular flexibility index (Phi) is 6.16. The van der Waals surface area contributed by atoms with Gasteiger partial charge in [-0.1, -0.05) is 30.0 Å². The quantitative estimate of drug-likeness (QED) is 0.826. The van der Waals surface area contributed by atoms with Gasteiger partial charge < -0.3 is 20.1 Å². The van der Waals surface area contributed by atoms with Crippen LogP contribution in [0.1, 0.15) is 32.6 Å². The maximum absolute atomic E-state index is 12.1. The third-order valence-electron chi connectivity index (χ3n) is 4.15. The molecule has 0 unspecified atom stereocenters. The third kappa shape index (κ3) is 4.55. The number of carbonyl (C=O) groups excluding carboxylic acids is 1. The van der Waals surface area contributed by atoms with E-state index in [2.05, 4.69) is 17.6 Å². The average molecular weight is 339 g/mol.